The van der Waals surface area contributed by atoms with E-state index in [-0.39, 0.29) is 12.5 Å². The van der Waals surface area contributed by atoms with Gasteiger partial charge >= 0.3 is 0 Å². The molecule has 0 bridgehead atoms. The third kappa shape index (κ3) is 4.96. The molecule has 0 atom stereocenters. The third-order valence-electron chi connectivity index (χ3n) is 6.65. The molecule has 0 radical (unpaired) electrons. The zero-order valence-electron chi connectivity index (χ0n) is 19.6. The zero-order valence-corrected chi connectivity index (χ0v) is 20.4. The Labute approximate surface area is 207 Å². The maximum Gasteiger partial charge on any atom is 0.211 e. The first kappa shape index (κ1) is 24.3. The number of piperidine rings is 1. The van der Waals surface area contributed by atoms with Crippen molar-refractivity contribution < 1.29 is 21.6 Å². The third-order valence-corrected chi connectivity index (χ3v) is 7.96. The highest BCUT2D eigenvalue weighted by atomic mass is 32.2. The van der Waals surface area contributed by atoms with Crippen molar-refractivity contribution in [2.45, 2.75) is 25.3 Å². The van der Waals surface area contributed by atoms with Crippen molar-refractivity contribution >= 4 is 26.7 Å². The Bertz CT molecular complexity index is 1530. The van der Waals surface area contributed by atoms with Gasteiger partial charge in [0.1, 0.15) is 11.5 Å². The van der Waals surface area contributed by atoms with Gasteiger partial charge < -0.3 is 10.3 Å². The second kappa shape index (κ2) is 9.59. The van der Waals surface area contributed by atoms with Crippen LogP contribution in [-0.2, 0) is 16.6 Å². The lowest BCUT2D eigenvalue weighted by atomic mass is 9.94. The molecule has 188 valence electrons. The normalized spacial score (nSPS) is 15.4. The molecule has 1 saturated heterocycles. The van der Waals surface area contributed by atoms with E-state index in [0.717, 1.165) is 23.2 Å². The van der Waals surface area contributed by atoms with Crippen molar-refractivity contribution in [2.24, 2.45) is 0 Å². The van der Waals surface area contributed by atoms with Crippen molar-refractivity contribution in [3.05, 3.63) is 83.4 Å². The number of rotatable bonds is 6. The summed E-state index contributed by atoms with van der Waals surface area (Å²) in [6, 6.07) is 12.1. The van der Waals surface area contributed by atoms with Gasteiger partial charge in [-0.2, -0.15) is 0 Å². The predicted octanol–water partition coefficient (Wildman–Crippen LogP) is 5.40. The number of aromatic amines is 1. The number of hydrogen-bond acceptors (Lipinski definition) is 4. The van der Waals surface area contributed by atoms with E-state index in [9.17, 15) is 21.6 Å². The Balaban J connectivity index is 1.40. The van der Waals surface area contributed by atoms with Crippen molar-refractivity contribution in [2.75, 3.05) is 24.7 Å². The van der Waals surface area contributed by atoms with Crippen LogP contribution in [0.25, 0.3) is 22.2 Å². The fourth-order valence-electron chi connectivity index (χ4n) is 4.70. The minimum Gasteiger partial charge on any atom is -0.381 e. The van der Waals surface area contributed by atoms with Crippen molar-refractivity contribution in [3.63, 3.8) is 0 Å². The molecule has 1 aliphatic heterocycles. The predicted molar refractivity (Wildman–Crippen MR) is 134 cm³/mol. The van der Waals surface area contributed by atoms with Crippen LogP contribution in [0.15, 0.2) is 54.7 Å². The number of benzene rings is 2. The van der Waals surface area contributed by atoms with E-state index in [1.807, 2.05) is 6.07 Å². The van der Waals surface area contributed by atoms with Gasteiger partial charge in [-0.25, -0.2) is 30.9 Å². The monoisotopic (exact) mass is 514 g/mol. The lowest BCUT2D eigenvalue weighted by Crippen LogP contribution is -2.37. The van der Waals surface area contributed by atoms with Gasteiger partial charge in [0.05, 0.1) is 6.26 Å². The second-order valence-corrected chi connectivity index (χ2v) is 11.1. The topological polar surface area (TPSA) is 78.1 Å². The van der Waals surface area contributed by atoms with Gasteiger partial charge in [-0.15, -0.1) is 0 Å². The second-order valence-electron chi connectivity index (χ2n) is 9.08. The SMILES string of the molecule is CS(=O)(=O)N1CCC(c2cc3c(-c4cc(NCc5ccc(F)c(F)c5)ccc4F)ccnc3[nH]2)CC1. The molecule has 0 saturated carbocycles. The molecule has 0 amide bonds. The number of H-pyrrole nitrogens is 1. The van der Waals surface area contributed by atoms with Gasteiger partial charge in [0.15, 0.2) is 11.6 Å². The van der Waals surface area contributed by atoms with E-state index in [1.165, 1.54) is 22.7 Å². The van der Waals surface area contributed by atoms with E-state index in [0.29, 0.717) is 54.0 Å². The number of fused-ring (bicyclic) bond motifs is 1. The number of halogens is 3. The number of anilines is 1. The average molecular weight is 515 g/mol. The van der Waals surface area contributed by atoms with Crippen LogP contribution in [0, 0.1) is 17.5 Å². The molecule has 5 rings (SSSR count). The summed E-state index contributed by atoms with van der Waals surface area (Å²) in [6.45, 7) is 1.16. The molecule has 4 aromatic rings. The summed E-state index contributed by atoms with van der Waals surface area (Å²) in [5, 5.41) is 3.91. The lowest BCUT2D eigenvalue weighted by molar-refractivity contribution is 0.319. The van der Waals surface area contributed by atoms with Gasteiger partial charge in [0, 0.05) is 54.1 Å². The Morgan fingerprint density at radius 3 is 2.44 bits per heavy atom. The number of nitrogens with one attached hydrogen (secondary N) is 2. The molecule has 3 heterocycles. The molecule has 2 aromatic heterocycles. The Morgan fingerprint density at radius 1 is 0.972 bits per heavy atom. The van der Waals surface area contributed by atoms with Gasteiger partial charge in [-0.05, 0) is 66.4 Å². The molecular formula is C26H25F3N4O2S. The fourth-order valence-corrected chi connectivity index (χ4v) is 5.57. The van der Waals surface area contributed by atoms with E-state index in [4.69, 9.17) is 0 Å². The minimum absolute atomic E-state index is 0.152. The minimum atomic E-state index is -3.21. The quantitative estimate of drug-likeness (QED) is 0.361. The van der Waals surface area contributed by atoms with Gasteiger partial charge in [-0.3, -0.25) is 0 Å². The fraction of sp³-hybridized carbons (Fsp3) is 0.269. The van der Waals surface area contributed by atoms with Crippen LogP contribution in [-0.4, -0.2) is 42.0 Å². The summed E-state index contributed by atoms with van der Waals surface area (Å²) in [6.07, 6.45) is 4.22. The van der Waals surface area contributed by atoms with Crippen LogP contribution in [0.3, 0.4) is 0 Å². The molecule has 2 N–H and O–H groups in total. The Morgan fingerprint density at radius 2 is 1.72 bits per heavy atom. The molecule has 1 aliphatic rings. The smallest absolute Gasteiger partial charge is 0.211 e. The first-order valence-corrected chi connectivity index (χ1v) is 13.4. The maximum absolute atomic E-state index is 14.9. The van der Waals surface area contributed by atoms with Crippen molar-refractivity contribution in [1.29, 1.82) is 0 Å². The maximum atomic E-state index is 14.9. The van der Waals surface area contributed by atoms with Crippen LogP contribution >= 0.6 is 0 Å². The molecule has 2 aromatic carbocycles. The average Bonchev–Trinajstić information content (AvgIpc) is 3.30. The number of aromatic nitrogens is 2. The summed E-state index contributed by atoms with van der Waals surface area (Å²) in [5.41, 5.74) is 3.83. The van der Waals surface area contributed by atoms with Crippen LogP contribution in [0.2, 0.25) is 0 Å². The molecule has 0 aliphatic carbocycles. The van der Waals surface area contributed by atoms with E-state index in [1.54, 1.807) is 24.4 Å². The van der Waals surface area contributed by atoms with Crippen LogP contribution in [0.4, 0.5) is 18.9 Å². The summed E-state index contributed by atoms with van der Waals surface area (Å²) < 4.78 is 66.8. The standard InChI is InChI=1S/C26H25F3N4O2S/c1-36(34,35)33-10-7-17(8-11-33)25-14-21-19(6-9-30-26(21)32-25)20-13-18(3-5-22(20)27)31-15-16-2-4-23(28)24(29)12-16/h2-6,9,12-14,17,31H,7-8,10-11,15H2,1H3,(H,30,32). The molecule has 6 nitrogen and oxygen atoms in total. The summed E-state index contributed by atoms with van der Waals surface area (Å²) in [4.78, 5) is 7.75. The number of hydrogen-bond donors (Lipinski definition) is 2. The Hall–Kier alpha value is -3.37. The van der Waals surface area contributed by atoms with E-state index in [2.05, 4.69) is 15.3 Å². The van der Waals surface area contributed by atoms with Crippen LogP contribution in [0.1, 0.15) is 30.0 Å². The van der Waals surface area contributed by atoms with E-state index < -0.39 is 27.5 Å². The largest absolute Gasteiger partial charge is 0.381 e. The first-order valence-electron chi connectivity index (χ1n) is 11.6. The van der Waals surface area contributed by atoms with Gasteiger partial charge in [-0.1, -0.05) is 6.07 Å². The molecule has 0 unspecified atom stereocenters. The van der Waals surface area contributed by atoms with Crippen molar-refractivity contribution in [1.82, 2.24) is 14.3 Å². The molecule has 0 spiro atoms. The highest BCUT2D eigenvalue weighted by Gasteiger charge is 2.27. The number of nitrogens with zero attached hydrogens (tertiary/aromatic N) is 2. The molecule has 36 heavy (non-hydrogen) atoms. The summed E-state index contributed by atoms with van der Waals surface area (Å²) in [7, 11) is -3.21. The summed E-state index contributed by atoms with van der Waals surface area (Å²) in [5.74, 6) is -2.07. The lowest BCUT2D eigenvalue weighted by Gasteiger charge is -2.29. The van der Waals surface area contributed by atoms with Gasteiger partial charge in [0.2, 0.25) is 10.0 Å². The van der Waals surface area contributed by atoms with Crippen LogP contribution in [0.5, 0.6) is 0 Å². The molecular weight excluding hydrogens is 489 g/mol. The molecule has 1 fully saturated rings. The van der Waals surface area contributed by atoms with Crippen LogP contribution < -0.4 is 5.32 Å². The highest BCUT2D eigenvalue weighted by molar-refractivity contribution is 7.88. The molecule has 10 heteroatoms. The summed E-state index contributed by atoms with van der Waals surface area (Å²) >= 11 is 0. The van der Waals surface area contributed by atoms with Gasteiger partial charge in [0.25, 0.3) is 0 Å². The Kier molecular flexibility index (Phi) is 6.48. The van der Waals surface area contributed by atoms with E-state index >= 15 is 0 Å². The zero-order chi connectivity index (χ0) is 25.4. The highest BCUT2D eigenvalue weighted by Crippen LogP contribution is 2.35. The number of sulfonamides is 1. The first-order chi connectivity index (χ1) is 17.2. The van der Waals surface area contributed by atoms with Crippen molar-refractivity contribution in [3.8, 4) is 11.1 Å². The number of pyridine rings is 1.